The molecule has 0 amide bonds. The van der Waals surface area contributed by atoms with Crippen LogP contribution >= 0.6 is 12.2 Å². The monoisotopic (exact) mass is 334 g/mol. The van der Waals surface area contributed by atoms with E-state index in [1.54, 1.807) is 16.7 Å². The third kappa shape index (κ3) is 3.70. The van der Waals surface area contributed by atoms with Crippen molar-refractivity contribution >= 4 is 12.2 Å². The van der Waals surface area contributed by atoms with E-state index in [1.807, 2.05) is 17.8 Å². The van der Waals surface area contributed by atoms with Crippen molar-refractivity contribution in [3.05, 3.63) is 34.9 Å². The van der Waals surface area contributed by atoms with Crippen molar-refractivity contribution in [3.63, 3.8) is 0 Å². The van der Waals surface area contributed by atoms with Crippen molar-refractivity contribution in [2.24, 2.45) is 7.05 Å². The summed E-state index contributed by atoms with van der Waals surface area (Å²) in [5, 5.41) is 4.58. The van der Waals surface area contributed by atoms with Gasteiger partial charge in [0, 0.05) is 7.05 Å². The summed E-state index contributed by atoms with van der Waals surface area (Å²) >= 11 is 5.50. The van der Waals surface area contributed by atoms with E-state index < -0.39 is 0 Å². The van der Waals surface area contributed by atoms with Crippen LogP contribution in [-0.4, -0.2) is 32.3 Å². The molecule has 0 unspecified atom stereocenters. The summed E-state index contributed by atoms with van der Waals surface area (Å²) in [4.78, 5) is 2.40. The van der Waals surface area contributed by atoms with E-state index in [9.17, 15) is 4.39 Å². The van der Waals surface area contributed by atoms with Crippen LogP contribution in [0.25, 0.3) is 11.4 Å². The molecule has 1 aliphatic heterocycles. The van der Waals surface area contributed by atoms with Gasteiger partial charge in [-0.2, -0.15) is 5.10 Å². The van der Waals surface area contributed by atoms with Crippen LogP contribution in [0.5, 0.6) is 0 Å². The van der Waals surface area contributed by atoms with Crippen LogP contribution in [0.1, 0.15) is 32.1 Å². The van der Waals surface area contributed by atoms with Crippen LogP contribution in [0.3, 0.4) is 0 Å². The fourth-order valence-corrected chi connectivity index (χ4v) is 3.29. The number of halogens is 1. The largest absolute Gasteiger partial charge is 0.303 e. The highest BCUT2D eigenvalue weighted by Gasteiger charge is 2.15. The number of likely N-dealkylation sites (tertiary alicyclic amines) is 1. The number of nitrogens with zero attached hydrogens (tertiary/aromatic N) is 4. The molecule has 1 aromatic carbocycles. The van der Waals surface area contributed by atoms with E-state index in [1.165, 1.54) is 38.2 Å². The van der Waals surface area contributed by atoms with Gasteiger partial charge in [-0.25, -0.2) is 9.07 Å². The smallest absolute Gasteiger partial charge is 0.199 e. The molecule has 0 atom stereocenters. The molecule has 0 N–H and O–H groups in total. The molecule has 1 fully saturated rings. The Kier molecular flexibility index (Phi) is 5.23. The van der Waals surface area contributed by atoms with Gasteiger partial charge in [-0.3, -0.25) is 4.90 Å². The normalized spacial score (nSPS) is 17.0. The molecule has 0 aliphatic carbocycles. The first-order valence-corrected chi connectivity index (χ1v) is 8.69. The standard InChI is InChI=1S/C17H23FN4S/c1-20-16(14-9-5-6-10-15(14)18)19-22(17(20)23)13-21-11-7-3-2-4-8-12-21/h5-6,9-10H,2-4,7-8,11-13H2,1H3. The predicted molar refractivity (Wildman–Crippen MR) is 92.1 cm³/mol. The Bertz CT molecular complexity index is 714. The van der Waals surface area contributed by atoms with Crippen LogP contribution in [0, 0.1) is 10.6 Å². The molecular weight excluding hydrogens is 311 g/mol. The van der Waals surface area contributed by atoms with E-state index in [4.69, 9.17) is 12.2 Å². The van der Waals surface area contributed by atoms with Crippen LogP contribution in [0.2, 0.25) is 0 Å². The van der Waals surface area contributed by atoms with Crippen LogP contribution in [-0.2, 0) is 13.7 Å². The average Bonchev–Trinajstić information content (AvgIpc) is 2.79. The Morgan fingerprint density at radius 3 is 2.43 bits per heavy atom. The Morgan fingerprint density at radius 2 is 1.74 bits per heavy atom. The first kappa shape index (κ1) is 16.3. The summed E-state index contributed by atoms with van der Waals surface area (Å²) in [6.07, 6.45) is 6.38. The first-order valence-electron chi connectivity index (χ1n) is 8.28. The van der Waals surface area contributed by atoms with E-state index in [0.717, 1.165) is 13.1 Å². The topological polar surface area (TPSA) is 26.0 Å². The average molecular weight is 334 g/mol. The Morgan fingerprint density at radius 1 is 1.09 bits per heavy atom. The second-order valence-electron chi connectivity index (χ2n) is 6.17. The number of aromatic nitrogens is 3. The van der Waals surface area contributed by atoms with Crippen molar-refractivity contribution in [2.45, 2.75) is 38.8 Å². The summed E-state index contributed by atoms with van der Waals surface area (Å²) in [5.41, 5.74) is 0.493. The lowest BCUT2D eigenvalue weighted by Gasteiger charge is -2.23. The maximum atomic E-state index is 14.0. The summed E-state index contributed by atoms with van der Waals surface area (Å²) in [5.74, 6) is 0.314. The van der Waals surface area contributed by atoms with Gasteiger partial charge in [-0.1, -0.05) is 31.4 Å². The van der Waals surface area contributed by atoms with Gasteiger partial charge in [-0.05, 0) is 50.3 Å². The number of hydrogen-bond donors (Lipinski definition) is 0. The van der Waals surface area contributed by atoms with Gasteiger partial charge >= 0.3 is 0 Å². The van der Waals surface area contributed by atoms with Crippen molar-refractivity contribution in [1.29, 1.82) is 0 Å². The van der Waals surface area contributed by atoms with Crippen LogP contribution < -0.4 is 0 Å². The molecule has 0 spiro atoms. The molecule has 1 aromatic heterocycles. The lowest BCUT2D eigenvalue weighted by Crippen LogP contribution is -2.30. The zero-order chi connectivity index (χ0) is 16.2. The van der Waals surface area contributed by atoms with E-state index in [0.29, 0.717) is 22.8 Å². The van der Waals surface area contributed by atoms with E-state index >= 15 is 0 Å². The minimum Gasteiger partial charge on any atom is -0.303 e. The van der Waals surface area contributed by atoms with Gasteiger partial charge < -0.3 is 4.57 Å². The van der Waals surface area contributed by atoms with E-state index in [2.05, 4.69) is 10.00 Å². The highest BCUT2D eigenvalue weighted by atomic mass is 32.1. The van der Waals surface area contributed by atoms with Crippen LogP contribution in [0.15, 0.2) is 24.3 Å². The van der Waals surface area contributed by atoms with Crippen LogP contribution in [0.4, 0.5) is 4.39 Å². The quantitative estimate of drug-likeness (QED) is 0.794. The second kappa shape index (κ2) is 7.36. The fourth-order valence-electron chi connectivity index (χ4n) is 3.10. The Balaban J connectivity index is 1.85. The lowest BCUT2D eigenvalue weighted by molar-refractivity contribution is 0.188. The van der Waals surface area contributed by atoms with Gasteiger partial charge in [0.25, 0.3) is 0 Å². The molecule has 0 saturated carbocycles. The molecule has 23 heavy (non-hydrogen) atoms. The summed E-state index contributed by atoms with van der Waals surface area (Å²) < 4.78 is 18.3. The Labute approximate surface area is 141 Å². The van der Waals surface area contributed by atoms with E-state index in [-0.39, 0.29) is 5.82 Å². The second-order valence-corrected chi connectivity index (χ2v) is 6.54. The number of hydrogen-bond acceptors (Lipinski definition) is 3. The first-order chi connectivity index (χ1) is 11.2. The van der Waals surface area contributed by atoms with Gasteiger partial charge in [0.1, 0.15) is 5.82 Å². The molecule has 0 bridgehead atoms. The highest BCUT2D eigenvalue weighted by molar-refractivity contribution is 7.71. The maximum absolute atomic E-state index is 14.0. The van der Waals surface area contributed by atoms with Gasteiger partial charge in [0.2, 0.25) is 0 Å². The maximum Gasteiger partial charge on any atom is 0.199 e. The molecule has 4 nitrogen and oxygen atoms in total. The zero-order valence-corrected chi connectivity index (χ0v) is 14.4. The van der Waals surface area contributed by atoms with Gasteiger partial charge in [0.15, 0.2) is 10.6 Å². The zero-order valence-electron chi connectivity index (χ0n) is 13.5. The minimum absolute atomic E-state index is 0.269. The summed E-state index contributed by atoms with van der Waals surface area (Å²) in [6.45, 7) is 2.84. The van der Waals surface area contributed by atoms with Crippen molar-refractivity contribution in [1.82, 2.24) is 19.2 Å². The third-order valence-electron chi connectivity index (χ3n) is 4.44. The fraction of sp³-hybridized carbons (Fsp3) is 0.529. The molecule has 1 aliphatic rings. The summed E-state index contributed by atoms with van der Waals surface area (Å²) in [7, 11) is 1.85. The third-order valence-corrected chi connectivity index (χ3v) is 4.92. The molecule has 1 saturated heterocycles. The van der Waals surface area contributed by atoms with Crippen molar-refractivity contribution in [2.75, 3.05) is 13.1 Å². The molecule has 0 radical (unpaired) electrons. The molecule has 124 valence electrons. The summed E-state index contributed by atoms with van der Waals surface area (Å²) in [6, 6.07) is 6.70. The minimum atomic E-state index is -0.269. The molecule has 3 rings (SSSR count). The highest BCUT2D eigenvalue weighted by Crippen LogP contribution is 2.21. The molecule has 6 heteroatoms. The molecular formula is C17H23FN4S. The number of rotatable bonds is 3. The van der Waals surface area contributed by atoms with Gasteiger partial charge in [-0.15, -0.1) is 0 Å². The molecule has 2 aromatic rings. The van der Waals surface area contributed by atoms with Gasteiger partial charge in [0.05, 0.1) is 12.2 Å². The SMILES string of the molecule is Cn1c(-c2ccccc2F)nn(CN2CCCCCCC2)c1=S. The Hall–Kier alpha value is -1.53. The molecule has 2 heterocycles. The predicted octanol–water partition coefficient (Wildman–Crippen LogP) is 3.98. The van der Waals surface area contributed by atoms with Crippen molar-refractivity contribution < 1.29 is 4.39 Å². The lowest BCUT2D eigenvalue weighted by atomic mass is 10.1. The number of benzene rings is 1. The van der Waals surface area contributed by atoms with Crippen molar-refractivity contribution in [3.8, 4) is 11.4 Å².